The normalized spacial score (nSPS) is 17.0. The highest BCUT2D eigenvalue weighted by Gasteiger charge is 2.21. The van der Waals surface area contributed by atoms with E-state index < -0.39 is 0 Å². The highest BCUT2D eigenvalue weighted by atomic mass is 35.5. The monoisotopic (exact) mass is 348 g/mol. The Balaban J connectivity index is 1.74. The van der Waals surface area contributed by atoms with E-state index in [1.165, 1.54) is 0 Å². The van der Waals surface area contributed by atoms with Crippen molar-refractivity contribution in [3.05, 3.63) is 46.2 Å². The lowest BCUT2D eigenvalue weighted by atomic mass is 9.99. The SMILES string of the molecule is COc1ccc(CCc2cc(C3CCOC3)c(Cl)nn2)c(OC)c1. The van der Waals surface area contributed by atoms with Crippen LogP contribution in [-0.2, 0) is 17.6 Å². The fourth-order valence-electron chi connectivity index (χ4n) is 2.94. The van der Waals surface area contributed by atoms with Gasteiger partial charge in [0, 0.05) is 18.6 Å². The molecule has 6 heteroatoms. The van der Waals surface area contributed by atoms with Gasteiger partial charge in [-0.3, -0.25) is 0 Å². The second kappa shape index (κ2) is 7.81. The summed E-state index contributed by atoms with van der Waals surface area (Å²) in [7, 11) is 3.31. The smallest absolute Gasteiger partial charge is 0.155 e. The van der Waals surface area contributed by atoms with Gasteiger partial charge in [-0.25, -0.2) is 0 Å². The second-order valence-corrected chi connectivity index (χ2v) is 6.18. The van der Waals surface area contributed by atoms with Gasteiger partial charge in [-0.1, -0.05) is 17.7 Å². The molecule has 0 saturated carbocycles. The first-order valence-corrected chi connectivity index (χ1v) is 8.39. The van der Waals surface area contributed by atoms with Crippen LogP contribution >= 0.6 is 11.6 Å². The van der Waals surface area contributed by atoms with E-state index in [0.717, 1.165) is 54.2 Å². The van der Waals surface area contributed by atoms with Gasteiger partial charge in [-0.2, -0.15) is 5.10 Å². The van der Waals surface area contributed by atoms with Gasteiger partial charge in [-0.15, -0.1) is 5.10 Å². The number of aromatic nitrogens is 2. The van der Waals surface area contributed by atoms with Crippen molar-refractivity contribution in [3.63, 3.8) is 0 Å². The minimum absolute atomic E-state index is 0.322. The van der Waals surface area contributed by atoms with E-state index >= 15 is 0 Å². The number of aryl methyl sites for hydroxylation is 2. The Labute approximate surface area is 146 Å². The van der Waals surface area contributed by atoms with Gasteiger partial charge >= 0.3 is 0 Å². The Hall–Kier alpha value is -1.85. The summed E-state index contributed by atoms with van der Waals surface area (Å²) in [4.78, 5) is 0. The van der Waals surface area contributed by atoms with Crippen LogP contribution in [-0.4, -0.2) is 37.6 Å². The quantitative estimate of drug-likeness (QED) is 0.800. The molecule has 0 N–H and O–H groups in total. The Kier molecular flexibility index (Phi) is 5.53. The third-order valence-corrected chi connectivity index (χ3v) is 4.63. The maximum absolute atomic E-state index is 6.21. The summed E-state index contributed by atoms with van der Waals surface area (Å²) in [6.07, 6.45) is 2.56. The fraction of sp³-hybridized carbons (Fsp3) is 0.444. The van der Waals surface area contributed by atoms with E-state index in [4.69, 9.17) is 25.8 Å². The van der Waals surface area contributed by atoms with E-state index in [1.54, 1.807) is 14.2 Å². The lowest BCUT2D eigenvalue weighted by molar-refractivity contribution is 0.194. The number of methoxy groups -OCH3 is 2. The zero-order chi connectivity index (χ0) is 16.9. The third kappa shape index (κ3) is 3.79. The number of benzene rings is 1. The fourth-order valence-corrected chi connectivity index (χ4v) is 3.19. The maximum atomic E-state index is 6.21. The lowest BCUT2D eigenvalue weighted by Crippen LogP contribution is -2.05. The summed E-state index contributed by atoms with van der Waals surface area (Å²) in [5, 5.41) is 8.82. The zero-order valence-corrected chi connectivity index (χ0v) is 14.7. The lowest BCUT2D eigenvalue weighted by Gasteiger charge is -2.12. The number of hydrogen-bond acceptors (Lipinski definition) is 5. The van der Waals surface area contributed by atoms with Crippen molar-refractivity contribution in [2.45, 2.75) is 25.2 Å². The van der Waals surface area contributed by atoms with Crippen molar-refractivity contribution in [2.24, 2.45) is 0 Å². The van der Waals surface area contributed by atoms with Crippen molar-refractivity contribution < 1.29 is 14.2 Å². The van der Waals surface area contributed by atoms with Gasteiger partial charge in [-0.05, 0) is 42.5 Å². The first kappa shape index (κ1) is 17.0. The van der Waals surface area contributed by atoms with Crippen LogP contribution in [0.3, 0.4) is 0 Å². The average Bonchev–Trinajstić information content (AvgIpc) is 3.15. The van der Waals surface area contributed by atoms with Crippen LogP contribution in [0.4, 0.5) is 0 Å². The molecule has 0 bridgehead atoms. The average molecular weight is 349 g/mol. The van der Waals surface area contributed by atoms with Crippen LogP contribution in [0.5, 0.6) is 11.5 Å². The van der Waals surface area contributed by atoms with E-state index in [0.29, 0.717) is 17.7 Å². The van der Waals surface area contributed by atoms with E-state index in [2.05, 4.69) is 16.3 Å². The van der Waals surface area contributed by atoms with Crippen LogP contribution in [0.25, 0.3) is 0 Å². The molecule has 0 radical (unpaired) electrons. The Morgan fingerprint density at radius 1 is 1.17 bits per heavy atom. The molecule has 128 valence electrons. The van der Waals surface area contributed by atoms with Crippen LogP contribution in [0, 0.1) is 0 Å². The first-order chi connectivity index (χ1) is 11.7. The van der Waals surface area contributed by atoms with Gasteiger partial charge in [0.1, 0.15) is 11.5 Å². The number of nitrogens with zero attached hydrogens (tertiary/aromatic N) is 2. The molecule has 0 spiro atoms. The molecule has 1 fully saturated rings. The van der Waals surface area contributed by atoms with Crippen LogP contribution in [0.15, 0.2) is 24.3 Å². The molecule has 1 unspecified atom stereocenters. The molecule has 1 atom stereocenters. The predicted octanol–water partition coefficient (Wildman–Crippen LogP) is 3.44. The van der Waals surface area contributed by atoms with Crippen molar-refractivity contribution in [1.82, 2.24) is 10.2 Å². The number of ether oxygens (including phenoxy) is 3. The molecule has 1 aliphatic rings. The molecular weight excluding hydrogens is 328 g/mol. The standard InChI is InChI=1S/C18H21ClN2O3/c1-22-15-6-4-12(17(10-15)23-2)3-5-14-9-16(18(19)21-20-14)13-7-8-24-11-13/h4,6,9-10,13H,3,5,7-8,11H2,1-2H3. The third-order valence-electron chi connectivity index (χ3n) is 4.34. The minimum Gasteiger partial charge on any atom is -0.497 e. The molecule has 2 heterocycles. The first-order valence-electron chi connectivity index (χ1n) is 8.02. The van der Waals surface area contributed by atoms with Gasteiger partial charge in [0.2, 0.25) is 0 Å². The molecule has 2 aromatic rings. The summed E-state index contributed by atoms with van der Waals surface area (Å²) in [6, 6.07) is 7.91. The van der Waals surface area contributed by atoms with Crippen molar-refractivity contribution >= 4 is 11.6 Å². The molecule has 1 aromatic carbocycles. The van der Waals surface area contributed by atoms with Crippen molar-refractivity contribution in [3.8, 4) is 11.5 Å². The molecule has 5 nitrogen and oxygen atoms in total. The minimum atomic E-state index is 0.322. The number of rotatable bonds is 6. The topological polar surface area (TPSA) is 53.5 Å². The van der Waals surface area contributed by atoms with Crippen LogP contribution < -0.4 is 9.47 Å². The maximum Gasteiger partial charge on any atom is 0.155 e. The molecule has 0 aliphatic carbocycles. The predicted molar refractivity (Wildman–Crippen MR) is 92.2 cm³/mol. The molecule has 1 aliphatic heterocycles. The zero-order valence-electron chi connectivity index (χ0n) is 13.9. The molecule has 0 amide bonds. The van der Waals surface area contributed by atoms with Crippen molar-refractivity contribution in [2.75, 3.05) is 27.4 Å². The van der Waals surface area contributed by atoms with Gasteiger partial charge < -0.3 is 14.2 Å². The van der Waals surface area contributed by atoms with Gasteiger partial charge in [0.05, 0.1) is 26.5 Å². The summed E-state index contributed by atoms with van der Waals surface area (Å²) in [6.45, 7) is 1.48. The molecule has 1 aromatic heterocycles. The van der Waals surface area contributed by atoms with E-state index in [9.17, 15) is 0 Å². The van der Waals surface area contributed by atoms with Gasteiger partial charge in [0.15, 0.2) is 5.15 Å². The second-order valence-electron chi connectivity index (χ2n) is 5.82. The summed E-state index contributed by atoms with van der Waals surface area (Å²) >= 11 is 6.21. The summed E-state index contributed by atoms with van der Waals surface area (Å²) < 4.78 is 16.1. The van der Waals surface area contributed by atoms with Crippen molar-refractivity contribution in [1.29, 1.82) is 0 Å². The highest BCUT2D eigenvalue weighted by Crippen LogP contribution is 2.30. The molecule has 1 saturated heterocycles. The summed E-state index contributed by atoms with van der Waals surface area (Å²) in [5.74, 6) is 1.92. The molecule has 3 rings (SSSR count). The van der Waals surface area contributed by atoms with E-state index in [-0.39, 0.29) is 0 Å². The highest BCUT2D eigenvalue weighted by molar-refractivity contribution is 6.30. The largest absolute Gasteiger partial charge is 0.497 e. The molecular formula is C18H21ClN2O3. The van der Waals surface area contributed by atoms with Gasteiger partial charge in [0.25, 0.3) is 0 Å². The van der Waals surface area contributed by atoms with Crippen LogP contribution in [0.1, 0.15) is 29.2 Å². The summed E-state index contributed by atoms with van der Waals surface area (Å²) in [5.41, 5.74) is 3.08. The Bertz CT molecular complexity index is 703. The Morgan fingerprint density at radius 2 is 2.04 bits per heavy atom. The van der Waals surface area contributed by atoms with Crippen LogP contribution in [0.2, 0.25) is 5.15 Å². The van der Waals surface area contributed by atoms with E-state index in [1.807, 2.05) is 18.2 Å². The number of hydrogen-bond donors (Lipinski definition) is 0. The Morgan fingerprint density at radius 3 is 2.75 bits per heavy atom. The molecule has 24 heavy (non-hydrogen) atoms. The number of halogens is 1.